The molecule has 0 aromatic carbocycles. The summed E-state index contributed by atoms with van der Waals surface area (Å²) in [5.41, 5.74) is 0. The predicted molar refractivity (Wildman–Crippen MR) is 51.0 cm³/mol. The highest BCUT2D eigenvalue weighted by Gasteiger charge is 2.92. The molecular weight excluding hydrogens is 462 g/mol. The molecule has 0 heterocycles. The van der Waals surface area contributed by atoms with Gasteiger partial charge in [0.05, 0.1) is 0 Å². The average molecular weight is 466 g/mol. The fourth-order valence-corrected chi connectivity index (χ4v) is 1.66. The van der Waals surface area contributed by atoms with Crippen LogP contribution in [-0.4, -0.2) is 47.9 Å². The summed E-state index contributed by atoms with van der Waals surface area (Å²) in [5, 5.41) is 0. The van der Waals surface area contributed by atoms with E-state index in [0.29, 0.717) is 0 Å². The van der Waals surface area contributed by atoms with Crippen molar-refractivity contribution in [2.75, 3.05) is 0 Å². The lowest BCUT2D eigenvalue weighted by Gasteiger charge is -2.42. The fraction of sp³-hybridized carbons (Fsp3) is 1.00. The summed E-state index contributed by atoms with van der Waals surface area (Å²) >= 11 is 0. The van der Waals surface area contributed by atoms with Gasteiger partial charge in [0.15, 0.2) is 0 Å². The van der Waals surface area contributed by atoms with E-state index < -0.39 is 60.7 Å². The van der Waals surface area contributed by atoms with Crippen molar-refractivity contribution >= 4 is 0 Å². The smallest absolute Gasteiger partial charge is 0.200 e. The second-order valence-corrected chi connectivity index (χ2v) is 5.33. The zero-order valence-corrected chi connectivity index (χ0v) is 12.4. The summed E-state index contributed by atoms with van der Waals surface area (Å²) in [7, 11) is 0. The Labute approximate surface area is 141 Å². The largest absolute Gasteiger partial charge is 0.406 e. The van der Waals surface area contributed by atoms with Gasteiger partial charge in [0.1, 0.15) is 0 Å². The summed E-state index contributed by atoms with van der Waals surface area (Å²) in [6.07, 6.45) is -15.0. The van der Waals surface area contributed by atoms with Crippen molar-refractivity contribution in [3.8, 4) is 0 Å². The van der Waals surface area contributed by atoms with Crippen LogP contribution in [0.3, 0.4) is 0 Å². The minimum atomic E-state index is -8.53. The lowest BCUT2D eigenvalue weighted by Crippen LogP contribution is -2.72. The van der Waals surface area contributed by atoms with Crippen LogP contribution in [0.1, 0.15) is 6.92 Å². The molecule has 0 aliphatic heterocycles. The van der Waals surface area contributed by atoms with Gasteiger partial charge in [-0.3, -0.25) is 0 Å². The third-order valence-electron chi connectivity index (χ3n) is 3.17. The average Bonchev–Trinajstić information content (AvgIpc) is 2.31. The van der Waals surface area contributed by atoms with Crippen LogP contribution in [0.25, 0.3) is 0 Å². The minimum Gasteiger partial charge on any atom is -0.200 e. The molecule has 0 bridgehead atoms. The molecule has 170 valence electrons. The third kappa shape index (κ3) is 3.66. The van der Waals surface area contributed by atoms with Crippen molar-refractivity contribution < 1.29 is 79.0 Å². The van der Waals surface area contributed by atoms with Crippen LogP contribution >= 0.6 is 0 Å². The molecule has 0 amide bonds. The van der Waals surface area contributed by atoms with Gasteiger partial charge in [0, 0.05) is 6.92 Å². The first kappa shape index (κ1) is 26.7. The molecule has 0 fully saturated rings. The predicted octanol–water partition coefficient (Wildman–Crippen LogP) is 6.56. The van der Waals surface area contributed by atoms with E-state index in [1.807, 2.05) is 0 Å². The van der Waals surface area contributed by atoms with Gasteiger partial charge >= 0.3 is 47.9 Å². The van der Waals surface area contributed by atoms with Crippen molar-refractivity contribution in [2.24, 2.45) is 5.92 Å². The number of hydrogen-bond donors (Lipinski definition) is 0. The van der Waals surface area contributed by atoms with Crippen LogP contribution in [0.15, 0.2) is 0 Å². The van der Waals surface area contributed by atoms with Crippen LogP contribution in [-0.2, 0) is 0 Å². The standard InChI is InChI=1S/C10H4F18/c1-3(11,12)7(21,22)9(25,26)10(27,28)8(23,24)4(13,14)2(5(15,16)17)6(18,19)20/h2H,1H3. The molecule has 0 atom stereocenters. The van der Waals surface area contributed by atoms with Crippen LogP contribution < -0.4 is 0 Å². The molecule has 0 spiro atoms. The molecule has 18 heteroatoms. The molecule has 0 radical (unpaired) electrons. The summed E-state index contributed by atoms with van der Waals surface area (Å²) in [6, 6.07) is 0. The highest BCUT2D eigenvalue weighted by atomic mass is 19.4. The lowest BCUT2D eigenvalue weighted by atomic mass is 9.85. The summed E-state index contributed by atoms with van der Waals surface area (Å²) < 4.78 is 228. The highest BCUT2D eigenvalue weighted by Crippen LogP contribution is 2.63. The van der Waals surface area contributed by atoms with E-state index in [2.05, 4.69) is 0 Å². The van der Waals surface area contributed by atoms with Crippen LogP contribution in [0.4, 0.5) is 79.0 Å². The Morgan fingerprint density at radius 2 is 0.643 bits per heavy atom. The Balaban J connectivity index is 6.78. The molecule has 0 saturated heterocycles. The quantitative estimate of drug-likeness (QED) is 0.389. The molecule has 28 heavy (non-hydrogen) atoms. The second-order valence-electron chi connectivity index (χ2n) is 5.33. The molecule has 0 aromatic heterocycles. The zero-order valence-electron chi connectivity index (χ0n) is 12.4. The normalized spacial score (nSPS) is 16.7. The van der Waals surface area contributed by atoms with E-state index in [1.54, 1.807) is 0 Å². The van der Waals surface area contributed by atoms with Gasteiger partial charge in [-0.05, 0) is 0 Å². The van der Waals surface area contributed by atoms with E-state index in [9.17, 15) is 79.0 Å². The van der Waals surface area contributed by atoms with Gasteiger partial charge in [0.2, 0.25) is 5.92 Å². The van der Waals surface area contributed by atoms with Crippen molar-refractivity contribution in [1.29, 1.82) is 0 Å². The molecule has 0 aliphatic rings. The van der Waals surface area contributed by atoms with Gasteiger partial charge in [-0.15, -0.1) is 0 Å². The number of halogens is 18. The van der Waals surface area contributed by atoms with E-state index in [-0.39, 0.29) is 0 Å². The second kappa shape index (κ2) is 6.37. The Kier molecular flexibility index (Phi) is 6.08. The van der Waals surface area contributed by atoms with Crippen molar-refractivity contribution in [3.05, 3.63) is 0 Å². The molecule has 0 unspecified atom stereocenters. The van der Waals surface area contributed by atoms with Crippen LogP contribution in [0, 0.1) is 5.92 Å². The summed E-state index contributed by atoms with van der Waals surface area (Å²) in [5.74, 6) is -54.2. The fourth-order valence-electron chi connectivity index (χ4n) is 1.66. The van der Waals surface area contributed by atoms with E-state index in [0.717, 1.165) is 0 Å². The Bertz CT molecular complexity index is 542. The molecule has 0 saturated carbocycles. The first-order chi connectivity index (χ1) is 11.6. The summed E-state index contributed by atoms with van der Waals surface area (Å²) in [4.78, 5) is 0. The number of alkyl halides is 18. The highest BCUT2D eigenvalue weighted by molar-refractivity contribution is 5.13. The molecule has 0 aliphatic carbocycles. The van der Waals surface area contributed by atoms with Crippen molar-refractivity contribution in [1.82, 2.24) is 0 Å². The van der Waals surface area contributed by atoms with Gasteiger partial charge in [-0.25, -0.2) is 0 Å². The third-order valence-corrected chi connectivity index (χ3v) is 3.17. The maximum absolute atomic E-state index is 13.1. The van der Waals surface area contributed by atoms with Crippen molar-refractivity contribution in [2.45, 2.75) is 54.8 Å². The molecule has 0 N–H and O–H groups in total. The summed E-state index contributed by atoms with van der Waals surface area (Å²) in [6.45, 7) is -1.28. The van der Waals surface area contributed by atoms with Crippen molar-refractivity contribution in [3.63, 3.8) is 0 Å². The molecule has 0 nitrogen and oxygen atoms in total. The monoisotopic (exact) mass is 466 g/mol. The Hall–Kier alpha value is -1.26. The Morgan fingerprint density at radius 3 is 0.857 bits per heavy atom. The van der Waals surface area contributed by atoms with E-state index >= 15 is 0 Å². The lowest BCUT2D eigenvalue weighted by molar-refractivity contribution is -0.449. The first-order valence-corrected chi connectivity index (χ1v) is 6.02. The van der Waals surface area contributed by atoms with Crippen LogP contribution in [0.2, 0.25) is 0 Å². The first-order valence-electron chi connectivity index (χ1n) is 6.02. The molecular formula is C10H4F18. The molecule has 0 rings (SSSR count). The van der Waals surface area contributed by atoms with Gasteiger partial charge < -0.3 is 0 Å². The molecule has 0 aromatic rings. The topological polar surface area (TPSA) is 0 Å². The number of hydrogen-bond acceptors (Lipinski definition) is 0. The van der Waals surface area contributed by atoms with E-state index in [1.165, 1.54) is 0 Å². The Morgan fingerprint density at radius 1 is 0.393 bits per heavy atom. The minimum absolute atomic E-state index is 1.28. The van der Waals surface area contributed by atoms with E-state index in [4.69, 9.17) is 0 Å². The maximum atomic E-state index is 13.1. The zero-order chi connectivity index (χ0) is 23.6. The SMILES string of the molecule is CC(F)(F)C(F)(F)C(F)(F)C(F)(F)C(F)(F)C(F)(F)C(C(F)(F)F)C(F)(F)F. The van der Waals surface area contributed by atoms with Gasteiger partial charge in [-0.1, -0.05) is 0 Å². The van der Waals surface area contributed by atoms with Gasteiger partial charge in [0.25, 0.3) is 0 Å². The van der Waals surface area contributed by atoms with Gasteiger partial charge in [-0.2, -0.15) is 79.0 Å². The maximum Gasteiger partial charge on any atom is 0.406 e. The number of rotatable bonds is 6. The van der Waals surface area contributed by atoms with Crippen LogP contribution in [0.5, 0.6) is 0 Å².